The summed E-state index contributed by atoms with van der Waals surface area (Å²) in [4.78, 5) is 14.0. The van der Waals surface area contributed by atoms with Crippen LogP contribution in [0, 0.1) is 5.82 Å². The average molecular weight is 419 g/mol. The summed E-state index contributed by atoms with van der Waals surface area (Å²) in [6, 6.07) is 8.60. The smallest absolute Gasteiger partial charge is 0.170 e. The van der Waals surface area contributed by atoms with Crippen molar-refractivity contribution in [2.45, 2.75) is 35.8 Å². The average Bonchev–Trinajstić information content (AvgIpc) is 3.34. The first kappa shape index (κ1) is 19.6. The zero-order valence-electron chi connectivity index (χ0n) is 15.6. The zero-order chi connectivity index (χ0) is 19.3. The Morgan fingerprint density at radius 3 is 2.89 bits per heavy atom. The quantitative estimate of drug-likeness (QED) is 0.271. The number of rotatable bonds is 8. The summed E-state index contributed by atoms with van der Waals surface area (Å²) in [5, 5.41) is 5.17. The fourth-order valence-electron chi connectivity index (χ4n) is 3.74. The molecule has 0 spiro atoms. The van der Waals surface area contributed by atoms with Crippen LogP contribution in [0.1, 0.15) is 47.0 Å². The first-order valence-electron chi connectivity index (χ1n) is 9.68. The molecule has 0 N–H and O–H groups in total. The number of halogens is 1. The van der Waals surface area contributed by atoms with E-state index in [1.165, 1.54) is 29.2 Å². The van der Waals surface area contributed by atoms with Crippen molar-refractivity contribution in [2.24, 2.45) is 0 Å². The van der Waals surface area contributed by atoms with Crippen molar-refractivity contribution in [1.29, 1.82) is 0 Å². The van der Waals surface area contributed by atoms with Crippen molar-refractivity contribution in [3.8, 4) is 0 Å². The number of nitrogens with zero attached hydrogens (tertiary/aromatic N) is 2. The van der Waals surface area contributed by atoms with Gasteiger partial charge in [-0.2, -0.15) is 0 Å². The van der Waals surface area contributed by atoms with Crippen LogP contribution in [0.25, 0.3) is 11.0 Å². The molecule has 1 aliphatic rings. The highest BCUT2D eigenvalue weighted by Gasteiger charge is 2.24. The van der Waals surface area contributed by atoms with Crippen molar-refractivity contribution in [1.82, 2.24) is 10.1 Å². The monoisotopic (exact) mass is 418 g/mol. The molecule has 0 saturated carbocycles. The summed E-state index contributed by atoms with van der Waals surface area (Å²) in [6.07, 6.45) is 5.42. The number of carbonyl (C=O) groups is 1. The van der Waals surface area contributed by atoms with E-state index >= 15 is 0 Å². The van der Waals surface area contributed by atoms with E-state index < -0.39 is 0 Å². The van der Waals surface area contributed by atoms with Gasteiger partial charge in [-0.1, -0.05) is 5.16 Å². The van der Waals surface area contributed by atoms with Gasteiger partial charge in [0.25, 0.3) is 0 Å². The number of aldehydes is 1. The molecule has 1 saturated heterocycles. The molecule has 4 nitrogen and oxygen atoms in total. The standard InChI is InChI=1S/C21H23FN2O2S2/c22-16-3-5-18-19(13-16)26-23-21(18)15-7-10-24(11-8-15)9-1-2-12-27-20-6-4-17(14-25)28-20/h3-6,13-15H,1-2,7-12H2. The molecule has 28 heavy (non-hydrogen) atoms. The topological polar surface area (TPSA) is 46.3 Å². The van der Waals surface area contributed by atoms with Crippen LogP contribution in [0.4, 0.5) is 4.39 Å². The number of aromatic nitrogens is 1. The van der Waals surface area contributed by atoms with Crippen molar-refractivity contribution in [3.05, 3.63) is 46.7 Å². The molecule has 1 fully saturated rings. The summed E-state index contributed by atoms with van der Waals surface area (Å²) in [5.41, 5.74) is 1.53. The van der Waals surface area contributed by atoms with Crippen LogP contribution >= 0.6 is 23.1 Å². The van der Waals surface area contributed by atoms with Gasteiger partial charge in [0.15, 0.2) is 11.9 Å². The van der Waals surface area contributed by atoms with Crippen molar-refractivity contribution in [2.75, 3.05) is 25.4 Å². The van der Waals surface area contributed by atoms with Crippen molar-refractivity contribution < 1.29 is 13.7 Å². The molecule has 7 heteroatoms. The molecule has 1 aliphatic heterocycles. The molecule has 0 aliphatic carbocycles. The maximum atomic E-state index is 13.3. The van der Waals surface area contributed by atoms with Gasteiger partial charge in [0.05, 0.1) is 14.8 Å². The van der Waals surface area contributed by atoms with Crippen LogP contribution in [0.15, 0.2) is 39.1 Å². The second kappa shape index (κ2) is 9.20. The Hall–Kier alpha value is -1.70. The van der Waals surface area contributed by atoms with E-state index in [4.69, 9.17) is 4.52 Å². The number of hydrogen-bond donors (Lipinski definition) is 0. The maximum Gasteiger partial charge on any atom is 0.170 e. The third kappa shape index (κ3) is 4.64. The SMILES string of the molecule is O=Cc1ccc(SCCCCN2CCC(c3noc4cc(F)ccc34)CC2)s1. The normalized spacial score (nSPS) is 16.0. The lowest BCUT2D eigenvalue weighted by Crippen LogP contribution is -2.33. The number of unbranched alkanes of at least 4 members (excludes halogenated alkanes) is 1. The van der Waals surface area contributed by atoms with Crippen molar-refractivity contribution >= 4 is 40.4 Å². The molecular formula is C21H23FN2O2S2. The number of piperidine rings is 1. The summed E-state index contributed by atoms with van der Waals surface area (Å²) < 4.78 is 19.9. The van der Waals surface area contributed by atoms with Crippen LogP contribution in [-0.4, -0.2) is 41.7 Å². The number of likely N-dealkylation sites (tertiary alicyclic amines) is 1. The summed E-state index contributed by atoms with van der Waals surface area (Å²) in [6.45, 7) is 3.27. The minimum atomic E-state index is -0.286. The Labute approximate surface area is 172 Å². The highest BCUT2D eigenvalue weighted by molar-refractivity contribution is 8.01. The Morgan fingerprint density at radius 2 is 2.11 bits per heavy atom. The number of thioether (sulfide) groups is 1. The van der Waals surface area contributed by atoms with Crippen molar-refractivity contribution in [3.63, 3.8) is 0 Å². The predicted molar refractivity (Wildman–Crippen MR) is 112 cm³/mol. The van der Waals surface area contributed by atoms with Gasteiger partial charge < -0.3 is 9.42 Å². The summed E-state index contributed by atoms with van der Waals surface area (Å²) in [7, 11) is 0. The minimum Gasteiger partial charge on any atom is -0.356 e. The largest absolute Gasteiger partial charge is 0.356 e. The fourth-order valence-corrected chi connectivity index (χ4v) is 5.78. The molecule has 0 amide bonds. The van der Waals surface area contributed by atoms with Crippen LogP contribution in [0.2, 0.25) is 0 Å². The molecule has 0 bridgehead atoms. The van der Waals surface area contributed by atoms with Gasteiger partial charge in [-0.3, -0.25) is 4.79 Å². The van der Waals surface area contributed by atoms with E-state index in [9.17, 15) is 9.18 Å². The van der Waals surface area contributed by atoms with Gasteiger partial charge in [0.2, 0.25) is 0 Å². The number of benzene rings is 1. The van der Waals surface area contributed by atoms with Gasteiger partial charge in [-0.15, -0.1) is 23.1 Å². The highest BCUT2D eigenvalue weighted by Crippen LogP contribution is 2.33. The van der Waals surface area contributed by atoms with Crippen LogP contribution in [-0.2, 0) is 0 Å². The van der Waals surface area contributed by atoms with E-state index in [0.29, 0.717) is 11.5 Å². The maximum absolute atomic E-state index is 13.3. The van der Waals surface area contributed by atoms with E-state index in [0.717, 1.165) is 60.5 Å². The number of fused-ring (bicyclic) bond motifs is 1. The Morgan fingerprint density at radius 1 is 1.25 bits per heavy atom. The first-order chi connectivity index (χ1) is 13.7. The first-order valence-corrected chi connectivity index (χ1v) is 11.5. The van der Waals surface area contributed by atoms with Gasteiger partial charge in [-0.25, -0.2) is 4.39 Å². The van der Waals surface area contributed by atoms with Crippen LogP contribution in [0.3, 0.4) is 0 Å². The van der Waals surface area contributed by atoms with Gasteiger partial charge in [0.1, 0.15) is 5.82 Å². The van der Waals surface area contributed by atoms with Gasteiger partial charge in [0, 0.05) is 17.4 Å². The third-order valence-corrected chi connectivity index (χ3v) is 7.59. The molecule has 3 aromatic rings. The van der Waals surface area contributed by atoms with Gasteiger partial charge in [-0.05, 0) is 75.3 Å². The van der Waals surface area contributed by atoms with Gasteiger partial charge >= 0.3 is 0 Å². The van der Waals surface area contributed by atoms with E-state index in [1.807, 2.05) is 23.9 Å². The summed E-state index contributed by atoms with van der Waals surface area (Å²) in [5.74, 6) is 1.20. The second-order valence-electron chi connectivity index (χ2n) is 7.15. The third-order valence-electron chi connectivity index (χ3n) is 5.27. The van der Waals surface area contributed by atoms with E-state index in [1.54, 1.807) is 17.4 Å². The highest BCUT2D eigenvalue weighted by atomic mass is 32.2. The molecule has 1 aromatic carbocycles. The number of thiophene rings is 1. The number of carbonyl (C=O) groups excluding carboxylic acids is 1. The lowest BCUT2D eigenvalue weighted by atomic mass is 9.91. The van der Waals surface area contributed by atoms with Crippen LogP contribution in [0.5, 0.6) is 0 Å². The molecule has 0 atom stereocenters. The Balaban J connectivity index is 1.18. The lowest BCUT2D eigenvalue weighted by Gasteiger charge is -2.31. The molecule has 2 aromatic heterocycles. The minimum absolute atomic E-state index is 0.286. The zero-order valence-corrected chi connectivity index (χ0v) is 17.2. The molecule has 0 radical (unpaired) electrons. The Kier molecular flexibility index (Phi) is 6.44. The van der Waals surface area contributed by atoms with E-state index in [2.05, 4.69) is 10.1 Å². The van der Waals surface area contributed by atoms with Crippen LogP contribution < -0.4 is 0 Å². The Bertz CT molecular complexity index is 932. The van der Waals surface area contributed by atoms with E-state index in [-0.39, 0.29) is 5.82 Å². The molecule has 3 heterocycles. The molecule has 4 rings (SSSR count). The lowest BCUT2D eigenvalue weighted by molar-refractivity contribution is 0.112. The second-order valence-corrected chi connectivity index (χ2v) is 9.66. The molecule has 0 unspecified atom stereocenters. The summed E-state index contributed by atoms with van der Waals surface area (Å²) >= 11 is 3.41. The fraction of sp³-hybridized carbons (Fsp3) is 0.429. The number of hydrogen-bond acceptors (Lipinski definition) is 6. The molecule has 148 valence electrons. The molecular weight excluding hydrogens is 395 g/mol. The predicted octanol–water partition coefficient (Wildman–Crippen LogP) is 5.59.